The van der Waals surface area contributed by atoms with Gasteiger partial charge in [0.05, 0.1) is 19.1 Å². The second kappa shape index (κ2) is 10.7. The van der Waals surface area contributed by atoms with Crippen molar-refractivity contribution >= 4 is 35.1 Å². The Kier molecular flexibility index (Phi) is 7.97. The van der Waals surface area contributed by atoms with Crippen LogP contribution >= 0.6 is 11.6 Å². The second-order valence-electron chi connectivity index (χ2n) is 9.10. The van der Waals surface area contributed by atoms with E-state index < -0.39 is 0 Å². The minimum Gasteiger partial charge on any atom is -0.354 e. The molecular weight excluding hydrogens is 438 g/mol. The summed E-state index contributed by atoms with van der Waals surface area (Å²) in [6.45, 7) is 9.78. The molecule has 4 N–H and O–H groups in total. The van der Waals surface area contributed by atoms with Crippen molar-refractivity contribution in [2.24, 2.45) is 4.99 Å². The number of guanidine groups is 1. The third kappa shape index (κ3) is 6.96. The van der Waals surface area contributed by atoms with E-state index in [4.69, 9.17) is 11.6 Å². The van der Waals surface area contributed by atoms with E-state index in [2.05, 4.69) is 53.1 Å². The molecule has 1 heterocycles. The largest absolute Gasteiger partial charge is 0.354 e. The molecule has 1 aliphatic heterocycles. The maximum absolute atomic E-state index is 12.6. The van der Waals surface area contributed by atoms with Gasteiger partial charge in [-0.05, 0) is 53.3 Å². The molecule has 8 heteroatoms. The molecule has 0 saturated heterocycles. The summed E-state index contributed by atoms with van der Waals surface area (Å²) >= 11 is 6.34. The molecule has 0 aromatic heterocycles. The van der Waals surface area contributed by atoms with Gasteiger partial charge in [-0.25, -0.2) is 0 Å². The Morgan fingerprint density at radius 2 is 1.97 bits per heavy atom. The molecule has 2 aromatic rings. The van der Waals surface area contributed by atoms with Gasteiger partial charge in [0, 0.05) is 22.8 Å². The van der Waals surface area contributed by atoms with E-state index in [9.17, 15) is 9.59 Å². The fraction of sp³-hybridized carbons (Fsp3) is 0.400. The Morgan fingerprint density at radius 3 is 2.64 bits per heavy atom. The Morgan fingerprint density at radius 1 is 1.18 bits per heavy atom. The Labute approximate surface area is 200 Å². The first-order valence-electron chi connectivity index (χ1n) is 11.2. The Balaban J connectivity index is 1.59. The van der Waals surface area contributed by atoms with Crippen molar-refractivity contribution in [1.82, 2.24) is 16.0 Å². The molecule has 0 spiro atoms. The van der Waals surface area contributed by atoms with E-state index in [0.29, 0.717) is 23.0 Å². The number of benzene rings is 2. The minimum absolute atomic E-state index is 0.0558. The van der Waals surface area contributed by atoms with Gasteiger partial charge in [0.2, 0.25) is 5.91 Å². The van der Waals surface area contributed by atoms with E-state index in [1.165, 1.54) is 0 Å². The third-order valence-electron chi connectivity index (χ3n) is 5.40. The molecule has 0 saturated carbocycles. The summed E-state index contributed by atoms with van der Waals surface area (Å²) in [5.41, 5.74) is 3.22. The maximum Gasteiger partial charge on any atom is 0.251 e. The van der Waals surface area contributed by atoms with Crippen molar-refractivity contribution in [3.05, 3.63) is 64.2 Å². The van der Waals surface area contributed by atoms with Gasteiger partial charge in [0.15, 0.2) is 5.96 Å². The predicted octanol–water partition coefficient (Wildman–Crippen LogP) is 4.01. The summed E-state index contributed by atoms with van der Waals surface area (Å²) in [5.74, 6) is 0.111. The van der Waals surface area contributed by atoms with Crippen molar-refractivity contribution in [2.75, 3.05) is 25.0 Å². The maximum atomic E-state index is 12.6. The van der Waals surface area contributed by atoms with E-state index in [1.807, 2.05) is 25.1 Å². The summed E-state index contributed by atoms with van der Waals surface area (Å²) in [6, 6.07) is 12.8. The van der Waals surface area contributed by atoms with E-state index in [0.717, 1.165) is 29.9 Å². The topological polar surface area (TPSA) is 94.6 Å². The summed E-state index contributed by atoms with van der Waals surface area (Å²) in [5, 5.41) is 12.6. The second-order valence-corrected chi connectivity index (χ2v) is 9.53. The highest BCUT2D eigenvalue weighted by molar-refractivity contribution is 6.30. The first-order valence-corrected chi connectivity index (χ1v) is 11.6. The fourth-order valence-electron chi connectivity index (χ4n) is 3.53. The molecule has 1 unspecified atom stereocenters. The highest BCUT2D eigenvalue weighted by Crippen LogP contribution is 2.29. The smallest absolute Gasteiger partial charge is 0.251 e. The Hall–Kier alpha value is -3.06. The molecule has 0 bridgehead atoms. The highest BCUT2D eigenvalue weighted by atomic mass is 35.5. The molecular formula is C25H32ClN5O2. The van der Waals surface area contributed by atoms with Crippen molar-refractivity contribution in [3.8, 4) is 0 Å². The number of carbonyl (C=O) groups is 2. The Bertz CT molecular complexity index is 1050. The summed E-state index contributed by atoms with van der Waals surface area (Å²) in [7, 11) is 0. The summed E-state index contributed by atoms with van der Waals surface area (Å²) in [6.07, 6.45) is 0.704. The number of nitrogens with one attached hydrogen (secondary N) is 4. The normalized spacial score (nSPS) is 14.2. The van der Waals surface area contributed by atoms with Crippen molar-refractivity contribution in [3.63, 3.8) is 0 Å². The molecule has 2 amide bonds. The van der Waals surface area contributed by atoms with Crippen LogP contribution in [0.5, 0.6) is 0 Å². The van der Waals surface area contributed by atoms with Crippen LogP contribution in [-0.2, 0) is 10.2 Å². The zero-order valence-electron chi connectivity index (χ0n) is 19.6. The summed E-state index contributed by atoms with van der Waals surface area (Å²) in [4.78, 5) is 29.5. The number of hydrogen-bond acceptors (Lipinski definition) is 5. The molecule has 7 nitrogen and oxygen atoms in total. The lowest BCUT2D eigenvalue weighted by molar-refractivity contribution is -0.120. The van der Waals surface area contributed by atoms with Crippen LogP contribution < -0.4 is 21.3 Å². The van der Waals surface area contributed by atoms with E-state index in [-0.39, 0.29) is 29.8 Å². The van der Waals surface area contributed by atoms with Gasteiger partial charge < -0.3 is 21.3 Å². The number of rotatable bonds is 7. The van der Waals surface area contributed by atoms with Gasteiger partial charge in [0.25, 0.3) is 5.91 Å². The standard InChI is InChI=1S/C25H32ClN5O2/c1-5-21(17-11-18(25(2,3)4)14-19(26)12-17)31-22(32)15-29-23(33)16-7-6-8-20(13-16)30-24-27-9-10-28-24/h6-8,11-14,21H,5,9-10,15H2,1-4H3,(H,29,33)(H,31,32)(H2,27,28,30). The predicted molar refractivity (Wildman–Crippen MR) is 134 cm³/mol. The van der Waals surface area contributed by atoms with Crippen molar-refractivity contribution < 1.29 is 9.59 Å². The summed E-state index contributed by atoms with van der Waals surface area (Å²) < 4.78 is 0. The van der Waals surface area contributed by atoms with Gasteiger partial charge in [-0.1, -0.05) is 51.4 Å². The van der Waals surface area contributed by atoms with Crippen LogP contribution in [0.15, 0.2) is 47.5 Å². The monoisotopic (exact) mass is 469 g/mol. The fourth-order valence-corrected chi connectivity index (χ4v) is 3.78. The SMILES string of the molecule is CCC(NC(=O)CNC(=O)c1cccc(NC2=NCCN2)c1)c1cc(Cl)cc(C(C)(C)C)c1. The van der Waals surface area contributed by atoms with Crippen molar-refractivity contribution in [1.29, 1.82) is 0 Å². The zero-order valence-corrected chi connectivity index (χ0v) is 20.3. The molecule has 3 rings (SSSR count). The first-order chi connectivity index (χ1) is 15.7. The van der Waals surface area contributed by atoms with E-state index >= 15 is 0 Å². The lowest BCUT2D eigenvalue weighted by Crippen LogP contribution is -2.38. The molecule has 1 atom stereocenters. The minimum atomic E-state index is -0.319. The third-order valence-corrected chi connectivity index (χ3v) is 5.62. The van der Waals surface area contributed by atoms with Crippen LogP contribution in [0.3, 0.4) is 0 Å². The lowest BCUT2D eigenvalue weighted by Gasteiger charge is -2.24. The quantitative estimate of drug-likeness (QED) is 0.493. The molecule has 176 valence electrons. The van der Waals surface area contributed by atoms with Crippen molar-refractivity contribution in [2.45, 2.75) is 45.6 Å². The molecule has 2 aromatic carbocycles. The molecule has 0 fully saturated rings. The first kappa shape index (κ1) is 24.6. The highest BCUT2D eigenvalue weighted by Gasteiger charge is 2.19. The molecule has 33 heavy (non-hydrogen) atoms. The van der Waals surface area contributed by atoms with Gasteiger partial charge in [-0.15, -0.1) is 0 Å². The molecule has 0 radical (unpaired) electrons. The van der Waals surface area contributed by atoms with Gasteiger partial charge in [0.1, 0.15) is 0 Å². The van der Waals surface area contributed by atoms with Crippen LogP contribution in [0.25, 0.3) is 0 Å². The molecule has 0 aliphatic carbocycles. The van der Waals surface area contributed by atoms with Crippen LogP contribution in [0.4, 0.5) is 5.69 Å². The number of halogens is 1. The molecule has 1 aliphatic rings. The van der Waals surface area contributed by atoms with Gasteiger partial charge >= 0.3 is 0 Å². The van der Waals surface area contributed by atoms with Crippen LogP contribution in [-0.4, -0.2) is 37.4 Å². The average Bonchev–Trinajstić information content (AvgIpc) is 3.28. The number of aliphatic imine (C=N–C) groups is 1. The number of amides is 2. The number of nitrogens with zero attached hydrogens (tertiary/aromatic N) is 1. The van der Waals surface area contributed by atoms with Crippen LogP contribution in [0.1, 0.15) is 61.6 Å². The lowest BCUT2D eigenvalue weighted by atomic mass is 9.85. The number of carbonyl (C=O) groups excluding carboxylic acids is 2. The van der Waals surface area contributed by atoms with E-state index in [1.54, 1.807) is 18.2 Å². The number of hydrogen-bond donors (Lipinski definition) is 4. The average molecular weight is 470 g/mol. The van der Waals surface area contributed by atoms with Crippen LogP contribution in [0.2, 0.25) is 5.02 Å². The van der Waals surface area contributed by atoms with Gasteiger partial charge in [-0.3, -0.25) is 14.6 Å². The van der Waals surface area contributed by atoms with Crippen LogP contribution in [0, 0.1) is 0 Å². The van der Waals surface area contributed by atoms with Gasteiger partial charge in [-0.2, -0.15) is 0 Å². The zero-order chi connectivity index (χ0) is 24.0. The number of anilines is 1.